The number of amides is 2. The van der Waals surface area contributed by atoms with Gasteiger partial charge in [-0.3, -0.25) is 19.7 Å². The minimum Gasteiger partial charge on any atom is -0.469 e. The molecule has 2 N–H and O–H groups in total. The van der Waals surface area contributed by atoms with E-state index in [0.717, 1.165) is 19.8 Å². The number of non-ortho nitro benzene ring substituents is 1. The van der Waals surface area contributed by atoms with Gasteiger partial charge >= 0.3 is 18.0 Å². The van der Waals surface area contributed by atoms with Gasteiger partial charge in [0, 0.05) is 18.1 Å². The summed E-state index contributed by atoms with van der Waals surface area (Å²) in [4.78, 5) is 59.3. The van der Waals surface area contributed by atoms with E-state index in [9.17, 15) is 29.3 Å². The molecular formula is C23H25N3O9. The van der Waals surface area contributed by atoms with Gasteiger partial charge in [-0.15, -0.1) is 0 Å². The molecule has 0 aliphatic heterocycles. The molecule has 2 amide bonds. The Bertz CT molecular complexity index is 1040. The zero-order valence-electron chi connectivity index (χ0n) is 19.1. The molecule has 12 nitrogen and oxygen atoms in total. The summed E-state index contributed by atoms with van der Waals surface area (Å²) in [5.41, 5.74) is 0.918. The molecule has 186 valence electrons. The Kier molecular flexibility index (Phi) is 10.2. The topological polar surface area (TPSA) is 163 Å². The number of carbonyl (C=O) groups is 4. The number of rotatable bonds is 11. The van der Waals surface area contributed by atoms with Gasteiger partial charge < -0.3 is 24.8 Å². The van der Waals surface area contributed by atoms with Crippen LogP contribution >= 0.6 is 0 Å². The summed E-state index contributed by atoms with van der Waals surface area (Å²) in [6.07, 6.45) is -1.18. The first-order chi connectivity index (χ1) is 16.7. The van der Waals surface area contributed by atoms with Crippen LogP contribution in [0.15, 0.2) is 54.6 Å². The maximum Gasteiger partial charge on any atom is 0.407 e. The van der Waals surface area contributed by atoms with Crippen LogP contribution in [-0.4, -0.2) is 55.7 Å². The van der Waals surface area contributed by atoms with E-state index in [1.165, 1.54) is 24.3 Å². The number of carbonyl (C=O) groups excluding carboxylic acids is 4. The second-order valence-corrected chi connectivity index (χ2v) is 7.22. The summed E-state index contributed by atoms with van der Waals surface area (Å²) in [5.74, 6) is -3.27. The quantitative estimate of drug-likeness (QED) is 0.208. The first-order valence-corrected chi connectivity index (χ1v) is 10.4. The van der Waals surface area contributed by atoms with Crippen LogP contribution in [0.3, 0.4) is 0 Å². The fraction of sp³-hybridized carbons (Fsp3) is 0.304. The molecule has 12 heteroatoms. The zero-order chi connectivity index (χ0) is 25.8. The number of ether oxygens (including phenoxy) is 3. The van der Waals surface area contributed by atoms with E-state index in [0.29, 0.717) is 5.56 Å². The monoisotopic (exact) mass is 487 g/mol. The highest BCUT2D eigenvalue weighted by Gasteiger charge is 2.34. The first kappa shape index (κ1) is 26.8. The molecular weight excluding hydrogens is 462 g/mol. The Morgan fingerprint density at radius 2 is 1.63 bits per heavy atom. The van der Waals surface area contributed by atoms with Crippen molar-refractivity contribution < 1.29 is 38.3 Å². The molecule has 0 saturated heterocycles. The van der Waals surface area contributed by atoms with Gasteiger partial charge in [0.15, 0.2) is 0 Å². The number of nitro groups is 1. The Morgan fingerprint density at radius 1 is 0.971 bits per heavy atom. The maximum absolute atomic E-state index is 12.5. The average molecular weight is 487 g/mol. The number of nitrogens with zero attached hydrogens (tertiary/aromatic N) is 1. The van der Waals surface area contributed by atoms with E-state index in [-0.39, 0.29) is 18.7 Å². The smallest absolute Gasteiger partial charge is 0.407 e. The van der Waals surface area contributed by atoms with Gasteiger partial charge in [-0.1, -0.05) is 42.5 Å². The van der Waals surface area contributed by atoms with Crippen LogP contribution in [0.2, 0.25) is 0 Å². The van der Waals surface area contributed by atoms with Crippen molar-refractivity contribution in [3.63, 3.8) is 0 Å². The second kappa shape index (κ2) is 13.3. The van der Waals surface area contributed by atoms with Crippen molar-refractivity contribution in [2.45, 2.75) is 25.0 Å². The fourth-order valence-corrected chi connectivity index (χ4v) is 3.14. The Labute approximate surface area is 200 Å². The number of nitrogens with one attached hydrogen (secondary N) is 2. The first-order valence-electron chi connectivity index (χ1n) is 10.4. The van der Waals surface area contributed by atoms with E-state index in [4.69, 9.17) is 9.47 Å². The predicted octanol–water partition coefficient (Wildman–Crippen LogP) is 1.83. The molecule has 0 saturated carbocycles. The van der Waals surface area contributed by atoms with Crippen molar-refractivity contribution in [3.05, 3.63) is 75.8 Å². The summed E-state index contributed by atoms with van der Waals surface area (Å²) < 4.78 is 14.5. The molecule has 0 fully saturated rings. The predicted molar refractivity (Wildman–Crippen MR) is 121 cm³/mol. The molecule has 0 spiro atoms. The van der Waals surface area contributed by atoms with Gasteiger partial charge in [-0.2, -0.15) is 0 Å². The van der Waals surface area contributed by atoms with Crippen LogP contribution in [0.1, 0.15) is 23.5 Å². The number of benzene rings is 2. The van der Waals surface area contributed by atoms with Crippen LogP contribution in [0.5, 0.6) is 0 Å². The van der Waals surface area contributed by atoms with E-state index in [1.54, 1.807) is 24.3 Å². The van der Waals surface area contributed by atoms with E-state index in [2.05, 4.69) is 15.4 Å². The van der Waals surface area contributed by atoms with Crippen molar-refractivity contribution in [2.24, 2.45) is 0 Å². The summed E-state index contributed by atoms with van der Waals surface area (Å²) in [5, 5.41) is 15.7. The van der Waals surface area contributed by atoms with Crippen molar-refractivity contribution in [1.29, 1.82) is 0 Å². The van der Waals surface area contributed by atoms with Crippen LogP contribution < -0.4 is 10.6 Å². The third-order valence-corrected chi connectivity index (χ3v) is 4.93. The average Bonchev–Trinajstić information content (AvgIpc) is 2.88. The molecule has 2 atom stereocenters. The van der Waals surface area contributed by atoms with Crippen molar-refractivity contribution in [3.8, 4) is 0 Å². The molecule has 0 radical (unpaired) electrons. The number of methoxy groups -OCH3 is 2. The van der Waals surface area contributed by atoms with Gasteiger partial charge in [0.2, 0.25) is 5.91 Å². The zero-order valence-corrected chi connectivity index (χ0v) is 19.1. The SMILES string of the molecule is COC(=O)C[C@@H](c1ccc([N+](=O)[O-])cc1)[C@H](NC(=O)CNC(=O)OCc1ccccc1)C(=O)OC. The second-order valence-electron chi connectivity index (χ2n) is 7.22. The van der Waals surface area contributed by atoms with Crippen LogP contribution in [0, 0.1) is 10.1 Å². The van der Waals surface area contributed by atoms with Gasteiger partial charge in [0.05, 0.1) is 25.6 Å². The molecule has 0 unspecified atom stereocenters. The summed E-state index contributed by atoms with van der Waals surface area (Å²) >= 11 is 0. The van der Waals surface area contributed by atoms with Crippen LogP contribution in [0.25, 0.3) is 0 Å². The number of nitro benzene ring substituents is 1. The Balaban J connectivity index is 2.09. The highest BCUT2D eigenvalue weighted by molar-refractivity contribution is 5.88. The molecule has 2 aromatic rings. The Hall–Kier alpha value is -4.48. The van der Waals surface area contributed by atoms with Gasteiger partial charge in [-0.05, 0) is 11.1 Å². The van der Waals surface area contributed by atoms with Gasteiger partial charge in [-0.25, -0.2) is 9.59 Å². The van der Waals surface area contributed by atoms with Crippen LogP contribution in [0.4, 0.5) is 10.5 Å². The normalized spacial score (nSPS) is 11.9. The largest absolute Gasteiger partial charge is 0.469 e. The summed E-state index contributed by atoms with van der Waals surface area (Å²) in [6.45, 7) is -0.521. The van der Waals surface area contributed by atoms with Crippen molar-refractivity contribution >= 4 is 29.6 Å². The lowest BCUT2D eigenvalue weighted by Gasteiger charge is -2.26. The molecule has 0 aliphatic rings. The number of hydrogen-bond donors (Lipinski definition) is 2. The van der Waals surface area contributed by atoms with E-state index >= 15 is 0 Å². The highest BCUT2D eigenvalue weighted by Crippen LogP contribution is 2.27. The minimum atomic E-state index is -1.35. The third kappa shape index (κ3) is 8.42. The standard InChI is InChI=1S/C23H25N3O9/c1-33-20(28)12-18(16-8-10-17(11-9-16)26(31)32)21(22(29)34-2)25-19(27)13-24-23(30)35-14-15-6-4-3-5-7-15/h3-11,18,21H,12-14H2,1-2H3,(H,24,30)(H,25,27)/t18-,21-/m0/s1. The molecule has 0 heterocycles. The summed E-state index contributed by atoms with van der Waals surface area (Å²) in [6, 6.07) is 12.7. The highest BCUT2D eigenvalue weighted by atomic mass is 16.6. The number of esters is 2. The summed E-state index contributed by atoms with van der Waals surface area (Å²) in [7, 11) is 2.26. The minimum absolute atomic E-state index is 0.000422. The van der Waals surface area contributed by atoms with Crippen molar-refractivity contribution in [1.82, 2.24) is 10.6 Å². The maximum atomic E-state index is 12.5. The fourth-order valence-electron chi connectivity index (χ4n) is 3.14. The molecule has 2 rings (SSSR count). The van der Waals surface area contributed by atoms with E-state index < -0.39 is 47.4 Å². The number of alkyl carbamates (subject to hydrolysis) is 1. The van der Waals surface area contributed by atoms with Gasteiger partial charge in [0.1, 0.15) is 19.2 Å². The lowest BCUT2D eigenvalue weighted by Crippen LogP contribution is -2.49. The molecule has 0 bridgehead atoms. The molecule has 0 aromatic heterocycles. The van der Waals surface area contributed by atoms with Crippen LogP contribution in [-0.2, 0) is 35.2 Å². The molecule has 0 aliphatic carbocycles. The lowest BCUT2D eigenvalue weighted by atomic mass is 9.88. The number of hydrogen-bond acceptors (Lipinski definition) is 9. The van der Waals surface area contributed by atoms with E-state index in [1.807, 2.05) is 6.07 Å². The van der Waals surface area contributed by atoms with Gasteiger partial charge in [0.25, 0.3) is 5.69 Å². The van der Waals surface area contributed by atoms with Crippen molar-refractivity contribution in [2.75, 3.05) is 20.8 Å². The lowest BCUT2D eigenvalue weighted by molar-refractivity contribution is -0.384. The Morgan fingerprint density at radius 3 is 2.20 bits per heavy atom. The third-order valence-electron chi connectivity index (χ3n) is 4.93. The molecule has 2 aromatic carbocycles. The molecule has 35 heavy (non-hydrogen) atoms.